The fourth-order valence-corrected chi connectivity index (χ4v) is 7.34. The van der Waals surface area contributed by atoms with E-state index in [1.165, 1.54) is 50.5 Å². The molecule has 5 rings (SSSR count). The monoisotopic (exact) mass is 406 g/mol. The lowest BCUT2D eigenvalue weighted by Crippen LogP contribution is -2.50. The average Bonchev–Trinajstić information content (AvgIpc) is 3.08. The number of aromatic hydroxyl groups is 1. The average molecular weight is 407 g/mol. The van der Waals surface area contributed by atoms with Crippen molar-refractivity contribution in [3.8, 4) is 5.75 Å². The van der Waals surface area contributed by atoms with Gasteiger partial charge in [-0.15, -0.1) is 0 Å². The van der Waals surface area contributed by atoms with Gasteiger partial charge in [-0.1, -0.05) is 62.1 Å². The number of hydrogen-bond donors (Lipinski definition) is 2. The van der Waals surface area contributed by atoms with Crippen LogP contribution in [0.5, 0.6) is 5.75 Å². The van der Waals surface area contributed by atoms with Crippen molar-refractivity contribution < 1.29 is 15.0 Å². The van der Waals surface area contributed by atoms with Crippen LogP contribution in [-0.4, -0.2) is 16.2 Å². The normalized spacial score (nSPS) is 37.6. The van der Waals surface area contributed by atoms with Crippen molar-refractivity contribution in [2.75, 3.05) is 0 Å². The standard InChI is InChI=1S/C27H34O3/c28-19-11-8-17(9-12-19)6-4-2-1-3-5-7-20-21-14-15-22-23(27(29)30)13-10-18-16-24(20)26(21)25(18)22/h8-15,18,20-26,28H,1-7,16H2,(H,29,30)/t18-,20-,21-,22+,23-,24+,25-,26-/m1/s1. The molecule has 3 nitrogen and oxygen atoms in total. The summed E-state index contributed by atoms with van der Waals surface area (Å²) in [5.41, 5.74) is 1.32. The van der Waals surface area contributed by atoms with Crippen molar-refractivity contribution in [1.29, 1.82) is 0 Å². The summed E-state index contributed by atoms with van der Waals surface area (Å²) in [5, 5.41) is 18.9. The van der Waals surface area contributed by atoms with Gasteiger partial charge in [-0.2, -0.15) is 0 Å². The zero-order chi connectivity index (χ0) is 20.7. The van der Waals surface area contributed by atoms with E-state index >= 15 is 0 Å². The van der Waals surface area contributed by atoms with Crippen LogP contribution in [0.1, 0.15) is 50.5 Å². The number of unbranched alkanes of at least 4 members (excludes halogenated alkanes) is 4. The summed E-state index contributed by atoms with van der Waals surface area (Å²) in [5.74, 6) is 3.99. The lowest BCUT2D eigenvalue weighted by Gasteiger charge is -2.54. The Hall–Kier alpha value is -2.03. The first-order valence-corrected chi connectivity index (χ1v) is 12.0. The van der Waals surface area contributed by atoms with E-state index < -0.39 is 5.97 Å². The minimum atomic E-state index is -0.650. The molecule has 0 radical (unpaired) electrons. The quantitative estimate of drug-likeness (QED) is 0.400. The summed E-state index contributed by atoms with van der Waals surface area (Å²) in [6.45, 7) is 0. The van der Waals surface area contributed by atoms with Crippen LogP contribution in [0.25, 0.3) is 0 Å². The molecule has 4 aliphatic carbocycles. The van der Waals surface area contributed by atoms with Crippen LogP contribution in [0, 0.1) is 47.3 Å². The topological polar surface area (TPSA) is 57.5 Å². The SMILES string of the molecule is O=C(O)[C@@H]1C=C[C@@H]2C[C@H]3[C@H](CCCCCCCc4ccc(O)cc4)[C@H]4C=C[C@@H]1[C@@H]2[C@H]43. The van der Waals surface area contributed by atoms with Crippen LogP contribution < -0.4 is 0 Å². The van der Waals surface area contributed by atoms with Gasteiger partial charge >= 0.3 is 5.97 Å². The Balaban J connectivity index is 1.06. The van der Waals surface area contributed by atoms with Crippen molar-refractivity contribution in [3.05, 3.63) is 54.1 Å². The minimum absolute atomic E-state index is 0.235. The van der Waals surface area contributed by atoms with Gasteiger partial charge in [0.25, 0.3) is 0 Å². The maximum atomic E-state index is 11.6. The summed E-state index contributed by atoms with van der Waals surface area (Å²) < 4.78 is 0. The summed E-state index contributed by atoms with van der Waals surface area (Å²) in [4.78, 5) is 11.6. The lowest BCUT2D eigenvalue weighted by molar-refractivity contribution is -0.143. The highest BCUT2D eigenvalue weighted by Crippen LogP contribution is 2.67. The second kappa shape index (κ2) is 8.24. The smallest absolute Gasteiger partial charge is 0.310 e. The number of carbonyl (C=O) groups is 1. The molecule has 2 fully saturated rings. The predicted molar refractivity (Wildman–Crippen MR) is 118 cm³/mol. The lowest BCUT2D eigenvalue weighted by atomic mass is 9.50. The molecule has 0 saturated heterocycles. The molecule has 0 spiro atoms. The Labute approximate surface area is 179 Å². The molecule has 0 aromatic heterocycles. The first-order valence-electron chi connectivity index (χ1n) is 12.0. The van der Waals surface area contributed by atoms with Gasteiger partial charge in [0.15, 0.2) is 0 Å². The fraction of sp³-hybridized carbons (Fsp3) is 0.593. The van der Waals surface area contributed by atoms with E-state index in [4.69, 9.17) is 0 Å². The third kappa shape index (κ3) is 3.50. The number of phenols is 1. The van der Waals surface area contributed by atoms with Crippen LogP contribution in [0.3, 0.4) is 0 Å². The Morgan fingerprint density at radius 2 is 1.60 bits per heavy atom. The molecular weight excluding hydrogens is 372 g/mol. The van der Waals surface area contributed by atoms with Gasteiger partial charge < -0.3 is 10.2 Å². The molecule has 0 aliphatic heterocycles. The van der Waals surface area contributed by atoms with Gasteiger partial charge in [0.05, 0.1) is 5.92 Å². The van der Waals surface area contributed by atoms with Crippen LogP contribution in [-0.2, 0) is 11.2 Å². The highest BCUT2D eigenvalue weighted by atomic mass is 16.4. The first-order chi connectivity index (χ1) is 14.6. The molecule has 1 aromatic rings. The van der Waals surface area contributed by atoms with Gasteiger partial charge in [0, 0.05) is 0 Å². The summed E-state index contributed by atoms with van der Waals surface area (Å²) in [7, 11) is 0. The van der Waals surface area contributed by atoms with Gasteiger partial charge in [-0.3, -0.25) is 4.79 Å². The molecule has 0 bridgehead atoms. The fourth-order valence-electron chi connectivity index (χ4n) is 7.34. The molecule has 1 aromatic carbocycles. The summed E-state index contributed by atoms with van der Waals surface area (Å²) in [6, 6.07) is 7.61. The van der Waals surface area contributed by atoms with E-state index in [-0.39, 0.29) is 11.8 Å². The molecule has 8 atom stereocenters. The number of rotatable bonds is 9. The molecule has 0 heterocycles. The van der Waals surface area contributed by atoms with E-state index in [9.17, 15) is 15.0 Å². The van der Waals surface area contributed by atoms with Gasteiger partial charge in [-0.05, 0) is 84.8 Å². The minimum Gasteiger partial charge on any atom is -0.508 e. The Bertz CT molecular complexity index is 823. The molecule has 4 aliphatic rings. The van der Waals surface area contributed by atoms with E-state index in [2.05, 4.69) is 18.2 Å². The van der Waals surface area contributed by atoms with Gasteiger partial charge in [-0.25, -0.2) is 0 Å². The van der Waals surface area contributed by atoms with E-state index in [0.717, 1.165) is 30.1 Å². The van der Waals surface area contributed by atoms with E-state index in [1.54, 1.807) is 12.1 Å². The zero-order valence-corrected chi connectivity index (χ0v) is 17.7. The number of hydrogen-bond acceptors (Lipinski definition) is 2. The largest absolute Gasteiger partial charge is 0.508 e. The molecule has 2 N–H and O–H groups in total. The molecule has 2 saturated carbocycles. The van der Waals surface area contributed by atoms with Crippen molar-refractivity contribution >= 4 is 5.97 Å². The maximum Gasteiger partial charge on any atom is 0.310 e. The third-order valence-electron chi connectivity index (χ3n) is 8.67. The number of aliphatic carboxylic acids is 1. The van der Waals surface area contributed by atoms with Crippen molar-refractivity contribution in [1.82, 2.24) is 0 Å². The molecule has 0 amide bonds. The highest BCUT2D eigenvalue weighted by molar-refractivity contribution is 5.73. The van der Waals surface area contributed by atoms with Crippen molar-refractivity contribution in [3.63, 3.8) is 0 Å². The number of allylic oxidation sites excluding steroid dienone is 3. The molecule has 0 unspecified atom stereocenters. The molecule has 3 heteroatoms. The predicted octanol–water partition coefficient (Wildman–Crippen LogP) is 5.85. The van der Waals surface area contributed by atoms with Crippen molar-refractivity contribution in [2.45, 2.75) is 51.4 Å². The second-order valence-electron chi connectivity index (χ2n) is 10.1. The number of carboxylic acids is 1. The second-order valence-corrected chi connectivity index (χ2v) is 10.1. The highest BCUT2D eigenvalue weighted by Gasteiger charge is 2.62. The Kier molecular flexibility index (Phi) is 5.47. The number of phenolic OH excluding ortho intramolecular Hbond substituents is 1. The van der Waals surface area contributed by atoms with Gasteiger partial charge in [0.1, 0.15) is 5.75 Å². The van der Waals surface area contributed by atoms with Crippen molar-refractivity contribution in [2.24, 2.45) is 47.3 Å². The Morgan fingerprint density at radius 1 is 0.867 bits per heavy atom. The van der Waals surface area contributed by atoms with Gasteiger partial charge in [0.2, 0.25) is 0 Å². The van der Waals surface area contributed by atoms with Crippen LogP contribution in [0.2, 0.25) is 0 Å². The summed E-state index contributed by atoms with van der Waals surface area (Å²) >= 11 is 0. The number of carboxylic acid groups (broad SMARTS) is 1. The van der Waals surface area contributed by atoms with Crippen LogP contribution >= 0.6 is 0 Å². The molecule has 160 valence electrons. The number of benzene rings is 1. The number of aryl methyl sites for hydroxylation is 1. The van der Waals surface area contributed by atoms with E-state index in [0.29, 0.717) is 17.6 Å². The maximum absolute atomic E-state index is 11.6. The first kappa shape index (κ1) is 19.9. The summed E-state index contributed by atoms with van der Waals surface area (Å²) in [6.07, 6.45) is 19.2. The van der Waals surface area contributed by atoms with Crippen LogP contribution in [0.4, 0.5) is 0 Å². The molecular formula is C27H34O3. The Morgan fingerprint density at radius 3 is 2.40 bits per heavy atom. The zero-order valence-electron chi connectivity index (χ0n) is 17.7. The molecule has 30 heavy (non-hydrogen) atoms. The third-order valence-corrected chi connectivity index (χ3v) is 8.67. The van der Waals surface area contributed by atoms with E-state index in [1.807, 2.05) is 18.2 Å². The van der Waals surface area contributed by atoms with Crippen LogP contribution in [0.15, 0.2) is 48.6 Å².